The molecule has 1 aliphatic carbocycles. The summed E-state index contributed by atoms with van der Waals surface area (Å²) in [5.74, 6) is -1.93. The first-order chi connectivity index (χ1) is 6.99. The number of benzene rings is 1. The number of carboxylic acids is 1. The van der Waals surface area contributed by atoms with E-state index in [-0.39, 0.29) is 11.3 Å². The van der Waals surface area contributed by atoms with Gasteiger partial charge in [-0.2, -0.15) is 0 Å². The largest absolute Gasteiger partial charge is 0.508 e. The van der Waals surface area contributed by atoms with Gasteiger partial charge in [0.25, 0.3) is 0 Å². The van der Waals surface area contributed by atoms with E-state index in [4.69, 9.17) is 5.11 Å². The highest BCUT2D eigenvalue weighted by Crippen LogP contribution is 2.52. The van der Waals surface area contributed by atoms with Crippen molar-refractivity contribution >= 4 is 5.97 Å². The van der Waals surface area contributed by atoms with Gasteiger partial charge in [-0.05, 0) is 31.4 Å². The Balaban J connectivity index is 2.62. The minimum atomic E-state index is -1.19. The molecule has 1 saturated carbocycles. The number of halogens is 1. The monoisotopic (exact) mass is 210 g/mol. The number of phenols is 1. The zero-order valence-electron chi connectivity index (χ0n) is 8.25. The number of carbonyl (C=O) groups is 1. The van der Waals surface area contributed by atoms with Crippen molar-refractivity contribution in [3.05, 3.63) is 29.1 Å². The van der Waals surface area contributed by atoms with Crippen LogP contribution in [0.2, 0.25) is 0 Å². The second-order valence-corrected chi connectivity index (χ2v) is 3.98. The predicted molar refractivity (Wildman–Crippen MR) is 51.3 cm³/mol. The summed E-state index contributed by atoms with van der Waals surface area (Å²) >= 11 is 0. The molecule has 0 bridgehead atoms. The number of hydrogen-bond donors (Lipinski definition) is 2. The van der Waals surface area contributed by atoms with Gasteiger partial charge >= 0.3 is 5.97 Å². The Kier molecular flexibility index (Phi) is 1.96. The molecule has 1 aliphatic rings. The van der Waals surface area contributed by atoms with Gasteiger partial charge in [0.05, 0.1) is 5.41 Å². The van der Waals surface area contributed by atoms with Gasteiger partial charge in [0.2, 0.25) is 0 Å². The Morgan fingerprint density at radius 2 is 2.07 bits per heavy atom. The molecule has 2 rings (SSSR count). The summed E-state index contributed by atoms with van der Waals surface area (Å²) in [6, 6.07) is 2.78. The van der Waals surface area contributed by atoms with Gasteiger partial charge in [-0.3, -0.25) is 4.79 Å². The fraction of sp³-hybridized carbons (Fsp3) is 0.364. The maximum atomic E-state index is 13.7. The van der Waals surface area contributed by atoms with E-state index >= 15 is 0 Å². The van der Waals surface area contributed by atoms with Crippen molar-refractivity contribution in [2.24, 2.45) is 0 Å². The number of aliphatic carboxylic acids is 1. The van der Waals surface area contributed by atoms with Crippen molar-refractivity contribution in [2.75, 3.05) is 0 Å². The quantitative estimate of drug-likeness (QED) is 0.784. The molecule has 1 aromatic carbocycles. The first-order valence-electron chi connectivity index (χ1n) is 4.71. The van der Waals surface area contributed by atoms with Crippen LogP contribution in [-0.4, -0.2) is 16.2 Å². The molecule has 3 nitrogen and oxygen atoms in total. The van der Waals surface area contributed by atoms with E-state index in [9.17, 15) is 14.3 Å². The van der Waals surface area contributed by atoms with Crippen molar-refractivity contribution in [2.45, 2.75) is 25.2 Å². The first-order valence-corrected chi connectivity index (χ1v) is 4.71. The summed E-state index contributed by atoms with van der Waals surface area (Å²) in [6.07, 6.45) is 0.770. The van der Waals surface area contributed by atoms with E-state index < -0.39 is 17.2 Å². The highest BCUT2D eigenvalue weighted by Gasteiger charge is 2.55. The van der Waals surface area contributed by atoms with Gasteiger partial charge in [-0.15, -0.1) is 0 Å². The van der Waals surface area contributed by atoms with Crippen LogP contribution in [0.5, 0.6) is 5.75 Å². The van der Waals surface area contributed by atoms with Gasteiger partial charge in [0.1, 0.15) is 11.6 Å². The van der Waals surface area contributed by atoms with Crippen molar-refractivity contribution in [1.82, 2.24) is 0 Å². The highest BCUT2D eigenvalue weighted by atomic mass is 19.1. The zero-order chi connectivity index (χ0) is 11.2. The maximum Gasteiger partial charge on any atom is 0.314 e. The molecule has 2 N–H and O–H groups in total. The van der Waals surface area contributed by atoms with Crippen LogP contribution >= 0.6 is 0 Å². The average molecular weight is 210 g/mol. The van der Waals surface area contributed by atoms with E-state index in [1.54, 1.807) is 6.92 Å². The highest BCUT2D eigenvalue weighted by molar-refractivity contribution is 5.86. The van der Waals surface area contributed by atoms with Crippen molar-refractivity contribution < 1.29 is 19.4 Å². The molecular formula is C11H11FO3. The van der Waals surface area contributed by atoms with Gasteiger partial charge in [-0.25, -0.2) is 4.39 Å². The molecule has 1 fully saturated rings. The van der Waals surface area contributed by atoms with Gasteiger partial charge < -0.3 is 10.2 Å². The SMILES string of the molecule is Cc1ccc(O)c(C2(C(=O)O)CC2)c1F. The Hall–Kier alpha value is -1.58. The summed E-state index contributed by atoms with van der Waals surface area (Å²) in [5.41, 5.74) is -0.898. The molecule has 0 radical (unpaired) electrons. The minimum Gasteiger partial charge on any atom is -0.508 e. The Morgan fingerprint density at radius 3 is 2.53 bits per heavy atom. The Bertz CT molecular complexity index is 436. The number of rotatable bonds is 2. The standard InChI is InChI=1S/C11H11FO3/c1-6-2-3-7(13)8(9(6)12)11(4-5-11)10(14)15/h2-3,13H,4-5H2,1H3,(H,14,15). The number of phenolic OH excluding ortho intramolecular Hbond substituents is 1. The summed E-state index contributed by atoms with van der Waals surface area (Å²) in [7, 11) is 0. The molecule has 0 saturated heterocycles. The molecule has 15 heavy (non-hydrogen) atoms. The third kappa shape index (κ3) is 1.28. The van der Waals surface area contributed by atoms with Crippen molar-refractivity contribution in [3.8, 4) is 5.75 Å². The minimum absolute atomic E-state index is 0.0602. The van der Waals surface area contributed by atoms with Gasteiger partial charge in [0, 0.05) is 5.56 Å². The van der Waals surface area contributed by atoms with Crippen LogP contribution in [-0.2, 0) is 10.2 Å². The van der Waals surface area contributed by atoms with Crippen molar-refractivity contribution in [1.29, 1.82) is 0 Å². The van der Waals surface area contributed by atoms with Crippen LogP contribution in [0, 0.1) is 12.7 Å². The molecule has 80 valence electrons. The van der Waals surface area contributed by atoms with Gasteiger partial charge in [-0.1, -0.05) is 6.07 Å². The molecular weight excluding hydrogens is 199 g/mol. The molecule has 0 amide bonds. The molecule has 1 aromatic rings. The summed E-state index contributed by atoms with van der Waals surface area (Å²) in [5, 5.41) is 18.6. The van der Waals surface area contributed by atoms with Gasteiger partial charge in [0.15, 0.2) is 0 Å². The van der Waals surface area contributed by atoms with Crippen LogP contribution < -0.4 is 0 Å². The summed E-state index contributed by atoms with van der Waals surface area (Å²) < 4.78 is 13.7. The second-order valence-electron chi connectivity index (χ2n) is 3.98. The van der Waals surface area contributed by atoms with E-state index in [1.807, 2.05) is 0 Å². The van der Waals surface area contributed by atoms with E-state index in [0.29, 0.717) is 18.4 Å². The fourth-order valence-corrected chi connectivity index (χ4v) is 1.82. The lowest BCUT2D eigenvalue weighted by Gasteiger charge is -2.14. The third-order valence-corrected chi connectivity index (χ3v) is 2.95. The molecule has 0 atom stereocenters. The van der Waals surface area contributed by atoms with Crippen molar-refractivity contribution in [3.63, 3.8) is 0 Å². The average Bonchev–Trinajstić information content (AvgIpc) is 2.93. The van der Waals surface area contributed by atoms with Crippen LogP contribution in [0.1, 0.15) is 24.0 Å². The molecule has 4 heteroatoms. The maximum absolute atomic E-state index is 13.7. The number of aryl methyl sites for hydroxylation is 1. The van der Waals surface area contributed by atoms with Crippen LogP contribution in [0.25, 0.3) is 0 Å². The van der Waals surface area contributed by atoms with Crippen LogP contribution in [0.4, 0.5) is 4.39 Å². The smallest absolute Gasteiger partial charge is 0.314 e. The van der Waals surface area contributed by atoms with E-state index in [0.717, 1.165) is 0 Å². The molecule has 0 unspecified atom stereocenters. The molecule has 0 spiro atoms. The third-order valence-electron chi connectivity index (χ3n) is 2.95. The second kappa shape index (κ2) is 2.95. The van der Waals surface area contributed by atoms with E-state index in [1.165, 1.54) is 12.1 Å². The van der Waals surface area contributed by atoms with Crippen LogP contribution in [0.15, 0.2) is 12.1 Å². The normalized spacial score (nSPS) is 17.5. The Morgan fingerprint density at radius 1 is 1.47 bits per heavy atom. The topological polar surface area (TPSA) is 57.5 Å². The Labute approximate surface area is 86.2 Å². The summed E-state index contributed by atoms with van der Waals surface area (Å²) in [4.78, 5) is 11.0. The zero-order valence-corrected chi connectivity index (χ0v) is 8.25. The first kappa shape index (κ1) is 9.96. The van der Waals surface area contributed by atoms with E-state index in [2.05, 4.69) is 0 Å². The lowest BCUT2D eigenvalue weighted by molar-refractivity contribution is -0.140. The number of carboxylic acid groups (broad SMARTS) is 1. The number of aromatic hydroxyl groups is 1. The summed E-state index contributed by atoms with van der Waals surface area (Å²) in [6.45, 7) is 1.55. The molecule has 0 aliphatic heterocycles. The molecule has 0 heterocycles. The lowest BCUT2D eigenvalue weighted by atomic mass is 9.93. The van der Waals surface area contributed by atoms with Crippen LogP contribution in [0.3, 0.4) is 0 Å². The fourth-order valence-electron chi connectivity index (χ4n) is 1.82. The lowest BCUT2D eigenvalue weighted by Crippen LogP contribution is -2.21. The predicted octanol–water partition coefficient (Wildman–Crippen LogP) is 1.96. The molecule has 0 aromatic heterocycles. The number of hydrogen-bond acceptors (Lipinski definition) is 2.